The third-order valence-corrected chi connectivity index (χ3v) is 13.4. The summed E-state index contributed by atoms with van der Waals surface area (Å²) in [6.45, 7) is 4.73. The number of rotatable bonds is 7. The van der Waals surface area contributed by atoms with Crippen LogP contribution in [-0.4, -0.2) is 0 Å². The minimum atomic E-state index is -0.142. The van der Waals surface area contributed by atoms with Crippen LogP contribution in [0.15, 0.2) is 212 Å². The third kappa shape index (κ3) is 5.82. The molecule has 2 heteroatoms. The SMILES string of the molecule is CC1(C)c2ccccc2-c2c(N(c3ccc(-c4ccc5c(c4)sc4ccccc45)cc3)c3cccc(-c4ccccc4)c3-c3ccccc3-c3ccccc3)cccc21. The van der Waals surface area contributed by atoms with E-state index in [-0.39, 0.29) is 5.41 Å². The Hall–Kier alpha value is -7.00. The van der Waals surface area contributed by atoms with E-state index in [4.69, 9.17) is 0 Å². The molecule has 0 aliphatic heterocycles. The Morgan fingerprint density at radius 2 is 0.898 bits per heavy atom. The monoisotopic (exact) mass is 771 g/mol. The summed E-state index contributed by atoms with van der Waals surface area (Å²) in [5.74, 6) is 0. The second-order valence-corrected chi connectivity index (χ2v) is 17.1. The molecule has 280 valence electrons. The first kappa shape index (κ1) is 35.2. The van der Waals surface area contributed by atoms with E-state index in [1.807, 2.05) is 11.3 Å². The lowest BCUT2D eigenvalue weighted by molar-refractivity contribution is 0.660. The molecule has 11 rings (SSSR count). The van der Waals surface area contributed by atoms with Gasteiger partial charge in [-0.1, -0.05) is 190 Å². The molecule has 9 aromatic carbocycles. The Balaban J connectivity index is 1.17. The fourth-order valence-electron chi connectivity index (χ4n) is 9.48. The highest BCUT2D eigenvalue weighted by Crippen LogP contribution is 2.56. The van der Waals surface area contributed by atoms with Crippen LogP contribution in [0.5, 0.6) is 0 Å². The highest BCUT2D eigenvalue weighted by molar-refractivity contribution is 7.25. The molecule has 0 amide bonds. The van der Waals surface area contributed by atoms with Crippen molar-refractivity contribution in [1.82, 2.24) is 0 Å². The first-order valence-corrected chi connectivity index (χ1v) is 21.2. The molecule has 0 unspecified atom stereocenters. The first-order chi connectivity index (χ1) is 29.0. The molecule has 1 aromatic heterocycles. The number of nitrogens with zero attached hydrogens (tertiary/aromatic N) is 1. The van der Waals surface area contributed by atoms with Gasteiger partial charge in [0.25, 0.3) is 0 Å². The van der Waals surface area contributed by atoms with Gasteiger partial charge < -0.3 is 4.90 Å². The van der Waals surface area contributed by atoms with Crippen LogP contribution in [0.3, 0.4) is 0 Å². The molecule has 0 bridgehead atoms. The Labute approximate surface area is 350 Å². The summed E-state index contributed by atoms with van der Waals surface area (Å²) in [6.07, 6.45) is 0. The first-order valence-electron chi connectivity index (χ1n) is 20.4. The smallest absolute Gasteiger partial charge is 0.0546 e. The van der Waals surface area contributed by atoms with Crippen LogP contribution in [0.1, 0.15) is 25.0 Å². The zero-order valence-corrected chi connectivity index (χ0v) is 33.9. The molecule has 1 nitrogen and oxygen atoms in total. The largest absolute Gasteiger partial charge is 0.309 e. The van der Waals surface area contributed by atoms with Gasteiger partial charge in [-0.25, -0.2) is 0 Å². The third-order valence-electron chi connectivity index (χ3n) is 12.3. The van der Waals surface area contributed by atoms with Crippen LogP contribution in [0.2, 0.25) is 0 Å². The second kappa shape index (κ2) is 14.1. The average Bonchev–Trinajstić information content (AvgIpc) is 3.79. The number of thiophene rings is 1. The van der Waals surface area contributed by atoms with Crippen LogP contribution in [0.4, 0.5) is 17.1 Å². The summed E-state index contributed by atoms with van der Waals surface area (Å²) in [7, 11) is 0. The quantitative estimate of drug-likeness (QED) is 0.156. The lowest BCUT2D eigenvalue weighted by Gasteiger charge is -2.32. The predicted molar refractivity (Wildman–Crippen MR) is 253 cm³/mol. The van der Waals surface area contributed by atoms with E-state index in [2.05, 4.69) is 231 Å². The molecule has 0 N–H and O–H groups in total. The van der Waals surface area contributed by atoms with Gasteiger partial charge in [-0.2, -0.15) is 0 Å². The van der Waals surface area contributed by atoms with Gasteiger partial charge in [0.1, 0.15) is 0 Å². The minimum absolute atomic E-state index is 0.142. The van der Waals surface area contributed by atoms with Crippen LogP contribution < -0.4 is 4.90 Å². The maximum absolute atomic E-state index is 2.53. The van der Waals surface area contributed by atoms with E-state index in [1.165, 1.54) is 92.6 Å². The molecule has 0 radical (unpaired) electrons. The summed E-state index contributed by atoms with van der Waals surface area (Å²) in [6, 6.07) is 78.2. The molecule has 59 heavy (non-hydrogen) atoms. The van der Waals surface area contributed by atoms with Crippen LogP contribution in [0.25, 0.3) is 75.8 Å². The van der Waals surface area contributed by atoms with E-state index in [0.29, 0.717) is 0 Å². The molecule has 1 aliphatic rings. The van der Waals surface area contributed by atoms with Crippen molar-refractivity contribution in [2.45, 2.75) is 19.3 Å². The minimum Gasteiger partial charge on any atom is -0.309 e. The number of fused-ring (bicyclic) bond motifs is 6. The van der Waals surface area contributed by atoms with Crippen molar-refractivity contribution in [3.05, 3.63) is 223 Å². The summed E-state index contributed by atoms with van der Waals surface area (Å²) < 4.78 is 2.64. The van der Waals surface area contributed by atoms with Gasteiger partial charge in [-0.3, -0.25) is 0 Å². The Morgan fingerprint density at radius 3 is 1.66 bits per heavy atom. The van der Waals surface area contributed by atoms with Crippen molar-refractivity contribution in [3.8, 4) is 55.6 Å². The zero-order chi connectivity index (χ0) is 39.5. The van der Waals surface area contributed by atoms with Crippen molar-refractivity contribution in [2.75, 3.05) is 4.90 Å². The fraction of sp³-hybridized carbons (Fsp3) is 0.0526. The Bertz CT molecular complexity index is 3170. The number of benzene rings is 9. The average molecular weight is 772 g/mol. The van der Waals surface area contributed by atoms with Crippen molar-refractivity contribution in [3.63, 3.8) is 0 Å². The van der Waals surface area contributed by atoms with Gasteiger partial charge in [-0.05, 0) is 92.0 Å². The molecule has 1 aliphatic carbocycles. The van der Waals surface area contributed by atoms with Crippen molar-refractivity contribution >= 4 is 48.6 Å². The van der Waals surface area contributed by atoms with E-state index < -0.39 is 0 Å². The topological polar surface area (TPSA) is 3.24 Å². The van der Waals surface area contributed by atoms with Gasteiger partial charge in [-0.15, -0.1) is 11.3 Å². The van der Waals surface area contributed by atoms with Gasteiger partial charge in [0.15, 0.2) is 0 Å². The summed E-state index contributed by atoms with van der Waals surface area (Å²) >= 11 is 1.87. The van der Waals surface area contributed by atoms with Crippen molar-refractivity contribution < 1.29 is 0 Å². The fourth-order valence-corrected chi connectivity index (χ4v) is 10.6. The van der Waals surface area contributed by atoms with Crippen LogP contribution in [-0.2, 0) is 5.41 Å². The highest BCUT2D eigenvalue weighted by Gasteiger charge is 2.38. The second-order valence-electron chi connectivity index (χ2n) is 16.0. The molecule has 0 fully saturated rings. The standard InChI is InChI=1S/C57H41NS/c1-57(2)49-26-13-11-24-48(49)56-50(57)27-16-29-52(56)58(42-34-31-38(32-35-42)41-33-36-46-45-22-12-14-30-53(45)59-54(46)37-41)51-28-15-25-44(40-19-7-4-8-20-40)55(51)47-23-10-9-21-43(47)39-17-5-3-6-18-39/h3-37H,1-2H3. The predicted octanol–water partition coefficient (Wildman–Crippen LogP) is 16.5. The number of hydrogen-bond donors (Lipinski definition) is 0. The van der Waals surface area contributed by atoms with Crippen molar-refractivity contribution in [1.29, 1.82) is 0 Å². The Morgan fingerprint density at radius 1 is 0.356 bits per heavy atom. The zero-order valence-electron chi connectivity index (χ0n) is 33.1. The van der Waals surface area contributed by atoms with Gasteiger partial charge in [0, 0.05) is 42.4 Å². The number of hydrogen-bond acceptors (Lipinski definition) is 2. The molecule has 0 spiro atoms. The Kier molecular flexibility index (Phi) is 8.43. The molecule has 0 atom stereocenters. The lowest BCUT2D eigenvalue weighted by Crippen LogP contribution is -2.16. The van der Waals surface area contributed by atoms with E-state index in [0.717, 1.165) is 11.4 Å². The highest BCUT2D eigenvalue weighted by atomic mass is 32.1. The van der Waals surface area contributed by atoms with Crippen LogP contribution in [0, 0.1) is 0 Å². The normalized spacial score (nSPS) is 12.7. The summed E-state index contributed by atoms with van der Waals surface area (Å²) in [4.78, 5) is 2.53. The van der Waals surface area contributed by atoms with E-state index >= 15 is 0 Å². The maximum Gasteiger partial charge on any atom is 0.0546 e. The van der Waals surface area contributed by atoms with E-state index in [1.54, 1.807) is 0 Å². The van der Waals surface area contributed by atoms with Gasteiger partial charge in [0.05, 0.1) is 11.4 Å². The molecule has 0 saturated heterocycles. The van der Waals surface area contributed by atoms with E-state index in [9.17, 15) is 0 Å². The summed E-state index contributed by atoms with van der Waals surface area (Å²) in [5, 5.41) is 2.65. The molecular formula is C57H41NS. The number of anilines is 3. The maximum atomic E-state index is 2.53. The molecule has 0 saturated carbocycles. The molecule has 10 aromatic rings. The van der Waals surface area contributed by atoms with Crippen molar-refractivity contribution in [2.24, 2.45) is 0 Å². The lowest BCUT2D eigenvalue weighted by atomic mass is 9.82. The molecule has 1 heterocycles. The molecular weight excluding hydrogens is 731 g/mol. The summed E-state index contributed by atoms with van der Waals surface area (Å²) in [5.41, 5.74) is 18.2. The van der Waals surface area contributed by atoms with Gasteiger partial charge >= 0.3 is 0 Å². The van der Waals surface area contributed by atoms with Gasteiger partial charge in [0.2, 0.25) is 0 Å². The van der Waals surface area contributed by atoms with Crippen LogP contribution >= 0.6 is 11.3 Å².